The van der Waals surface area contributed by atoms with E-state index in [1.807, 2.05) is 24.3 Å². The van der Waals surface area contributed by atoms with E-state index in [1.165, 1.54) is 20.0 Å². The largest absolute Gasteiger partial charge is 0.492 e. The van der Waals surface area contributed by atoms with Crippen molar-refractivity contribution in [3.63, 3.8) is 0 Å². The van der Waals surface area contributed by atoms with E-state index in [2.05, 4.69) is 11.9 Å². The molecule has 0 amide bonds. The molecule has 0 aromatic heterocycles. The lowest BCUT2D eigenvalue weighted by molar-refractivity contribution is -0.139. The van der Waals surface area contributed by atoms with E-state index >= 15 is 0 Å². The second-order valence-electron chi connectivity index (χ2n) is 4.95. The maximum atomic E-state index is 11.4. The molecule has 104 valence electrons. The predicted molar refractivity (Wildman–Crippen MR) is 73.3 cm³/mol. The van der Waals surface area contributed by atoms with E-state index in [-0.39, 0.29) is 12.4 Å². The first-order chi connectivity index (χ1) is 9.20. The summed E-state index contributed by atoms with van der Waals surface area (Å²) in [4.78, 5) is 13.7. The molecule has 0 N–H and O–H groups in total. The van der Waals surface area contributed by atoms with Gasteiger partial charge in [-0.25, -0.2) is 0 Å². The fourth-order valence-electron chi connectivity index (χ4n) is 2.39. The zero-order chi connectivity index (χ0) is 13.7. The van der Waals surface area contributed by atoms with Crippen LogP contribution in [0.15, 0.2) is 24.3 Å². The quantitative estimate of drug-likeness (QED) is 0.760. The van der Waals surface area contributed by atoms with Gasteiger partial charge in [0.05, 0.1) is 13.5 Å². The lowest BCUT2D eigenvalue weighted by atomic mass is 10.1. The molecular formula is C15H21NO3. The third-order valence-electron chi connectivity index (χ3n) is 3.64. The molecule has 1 aliphatic rings. The molecule has 1 atom stereocenters. The number of methoxy groups -OCH3 is 1. The molecule has 1 saturated heterocycles. The number of carbonyl (C=O) groups is 1. The van der Waals surface area contributed by atoms with E-state index in [0.717, 1.165) is 17.9 Å². The Hall–Kier alpha value is -1.55. The minimum Gasteiger partial charge on any atom is -0.492 e. The van der Waals surface area contributed by atoms with Crippen molar-refractivity contribution in [1.82, 2.24) is 4.90 Å². The zero-order valence-electron chi connectivity index (χ0n) is 11.6. The van der Waals surface area contributed by atoms with Gasteiger partial charge in [-0.15, -0.1) is 0 Å². The Morgan fingerprint density at radius 3 is 2.89 bits per heavy atom. The Bertz CT molecular complexity index is 433. The summed E-state index contributed by atoms with van der Waals surface area (Å²) in [5.74, 6) is 0.544. The second kappa shape index (κ2) is 6.57. The molecule has 1 heterocycles. The third-order valence-corrected chi connectivity index (χ3v) is 3.64. The van der Waals surface area contributed by atoms with Crippen molar-refractivity contribution in [2.75, 3.05) is 27.3 Å². The predicted octanol–water partition coefficient (Wildman–Crippen LogP) is 1.88. The lowest BCUT2D eigenvalue weighted by Gasteiger charge is -2.20. The number of rotatable bonds is 5. The van der Waals surface area contributed by atoms with Gasteiger partial charge in [0.1, 0.15) is 12.4 Å². The highest BCUT2D eigenvalue weighted by Crippen LogP contribution is 2.21. The third kappa shape index (κ3) is 3.70. The van der Waals surface area contributed by atoms with Crippen LogP contribution in [0.3, 0.4) is 0 Å². The number of nitrogens with zero attached hydrogens (tertiary/aromatic N) is 1. The van der Waals surface area contributed by atoms with Crippen molar-refractivity contribution < 1.29 is 14.3 Å². The molecule has 0 spiro atoms. The molecule has 0 bridgehead atoms. The summed E-state index contributed by atoms with van der Waals surface area (Å²) >= 11 is 0. The number of hydrogen-bond acceptors (Lipinski definition) is 4. The van der Waals surface area contributed by atoms with Crippen molar-refractivity contribution in [3.8, 4) is 5.75 Å². The second-order valence-corrected chi connectivity index (χ2v) is 4.95. The van der Waals surface area contributed by atoms with Crippen LogP contribution < -0.4 is 4.74 Å². The fourth-order valence-corrected chi connectivity index (χ4v) is 2.39. The van der Waals surface area contributed by atoms with Gasteiger partial charge in [-0.1, -0.05) is 18.2 Å². The van der Waals surface area contributed by atoms with E-state index in [4.69, 9.17) is 9.47 Å². The molecule has 1 aromatic rings. The smallest absolute Gasteiger partial charge is 0.310 e. The monoisotopic (exact) mass is 263 g/mol. The average Bonchev–Trinajstić information content (AvgIpc) is 2.83. The van der Waals surface area contributed by atoms with Crippen molar-refractivity contribution >= 4 is 5.97 Å². The standard InChI is InChI=1S/C15H21NO3/c1-16-9-5-7-13(16)11-19-14-8-4-3-6-12(14)10-15(17)18-2/h3-4,6,8,13H,5,7,9-11H2,1-2H3. The van der Waals surface area contributed by atoms with E-state index < -0.39 is 0 Å². The summed E-state index contributed by atoms with van der Waals surface area (Å²) in [7, 11) is 3.53. The van der Waals surface area contributed by atoms with Gasteiger partial charge in [-0.3, -0.25) is 4.79 Å². The molecule has 2 rings (SSSR count). The van der Waals surface area contributed by atoms with Crippen LogP contribution in [0.1, 0.15) is 18.4 Å². The number of carbonyl (C=O) groups excluding carboxylic acids is 1. The highest BCUT2D eigenvalue weighted by molar-refractivity contribution is 5.73. The Labute approximate surface area is 114 Å². The molecule has 19 heavy (non-hydrogen) atoms. The van der Waals surface area contributed by atoms with Crippen LogP contribution in [-0.2, 0) is 16.0 Å². The maximum absolute atomic E-state index is 11.4. The van der Waals surface area contributed by atoms with Gasteiger partial charge in [0, 0.05) is 11.6 Å². The lowest BCUT2D eigenvalue weighted by Crippen LogP contribution is -2.30. The minimum absolute atomic E-state index is 0.242. The molecule has 1 unspecified atom stereocenters. The van der Waals surface area contributed by atoms with Crippen LogP contribution in [0.4, 0.5) is 0 Å². The van der Waals surface area contributed by atoms with E-state index in [0.29, 0.717) is 12.6 Å². The summed E-state index contributed by atoms with van der Waals surface area (Å²) in [5, 5.41) is 0. The number of likely N-dealkylation sites (tertiary alicyclic amines) is 1. The SMILES string of the molecule is COC(=O)Cc1ccccc1OCC1CCCN1C. The zero-order valence-corrected chi connectivity index (χ0v) is 11.6. The van der Waals surface area contributed by atoms with Crippen LogP contribution in [0.25, 0.3) is 0 Å². The molecule has 0 aliphatic carbocycles. The topological polar surface area (TPSA) is 38.8 Å². The molecule has 4 nitrogen and oxygen atoms in total. The number of para-hydroxylation sites is 1. The number of ether oxygens (including phenoxy) is 2. The van der Waals surface area contributed by atoms with Crippen LogP contribution >= 0.6 is 0 Å². The van der Waals surface area contributed by atoms with Crippen molar-refractivity contribution in [2.24, 2.45) is 0 Å². The molecule has 0 radical (unpaired) electrons. The normalized spacial score (nSPS) is 19.4. The van der Waals surface area contributed by atoms with Gasteiger partial charge in [-0.05, 0) is 32.5 Å². The van der Waals surface area contributed by atoms with Crippen LogP contribution in [0.5, 0.6) is 5.75 Å². The Kier molecular flexibility index (Phi) is 4.80. The number of benzene rings is 1. The molecule has 1 aromatic carbocycles. The highest BCUT2D eigenvalue weighted by Gasteiger charge is 2.21. The summed E-state index contributed by atoms with van der Waals surface area (Å²) in [5.41, 5.74) is 0.884. The summed E-state index contributed by atoms with van der Waals surface area (Å²) in [6, 6.07) is 8.13. The molecule has 1 aliphatic heterocycles. The fraction of sp³-hybridized carbons (Fsp3) is 0.533. The van der Waals surface area contributed by atoms with Crippen LogP contribution in [-0.4, -0.2) is 44.2 Å². The van der Waals surface area contributed by atoms with Gasteiger partial charge in [-0.2, -0.15) is 0 Å². The van der Waals surface area contributed by atoms with Crippen molar-refractivity contribution in [1.29, 1.82) is 0 Å². The first kappa shape index (κ1) is 13.9. The van der Waals surface area contributed by atoms with Gasteiger partial charge >= 0.3 is 5.97 Å². The Morgan fingerprint density at radius 1 is 1.42 bits per heavy atom. The van der Waals surface area contributed by atoms with Gasteiger partial charge in [0.15, 0.2) is 0 Å². The first-order valence-electron chi connectivity index (χ1n) is 6.68. The number of hydrogen-bond donors (Lipinski definition) is 0. The van der Waals surface area contributed by atoms with Crippen LogP contribution in [0.2, 0.25) is 0 Å². The Balaban J connectivity index is 1.97. The molecular weight excluding hydrogens is 242 g/mol. The van der Waals surface area contributed by atoms with Crippen LogP contribution in [0, 0.1) is 0 Å². The number of esters is 1. The maximum Gasteiger partial charge on any atom is 0.310 e. The van der Waals surface area contributed by atoms with Crippen molar-refractivity contribution in [3.05, 3.63) is 29.8 Å². The first-order valence-corrected chi connectivity index (χ1v) is 6.68. The minimum atomic E-state index is -0.242. The van der Waals surface area contributed by atoms with Gasteiger partial charge in [0.25, 0.3) is 0 Å². The molecule has 4 heteroatoms. The summed E-state index contributed by atoms with van der Waals surface area (Å²) in [6.45, 7) is 1.81. The summed E-state index contributed by atoms with van der Waals surface area (Å²) < 4.78 is 10.6. The number of likely N-dealkylation sites (N-methyl/N-ethyl adjacent to an activating group) is 1. The Morgan fingerprint density at radius 2 is 2.21 bits per heavy atom. The average molecular weight is 263 g/mol. The molecule has 1 fully saturated rings. The van der Waals surface area contributed by atoms with Crippen molar-refractivity contribution in [2.45, 2.75) is 25.3 Å². The highest BCUT2D eigenvalue weighted by atomic mass is 16.5. The molecule has 0 saturated carbocycles. The van der Waals surface area contributed by atoms with Gasteiger partial charge in [0.2, 0.25) is 0 Å². The van der Waals surface area contributed by atoms with E-state index in [9.17, 15) is 4.79 Å². The van der Waals surface area contributed by atoms with E-state index in [1.54, 1.807) is 0 Å². The summed E-state index contributed by atoms with van der Waals surface area (Å²) in [6.07, 6.45) is 2.66. The van der Waals surface area contributed by atoms with Gasteiger partial charge < -0.3 is 14.4 Å².